The number of rotatable bonds is 10. The predicted octanol–water partition coefficient (Wildman–Crippen LogP) is 3.26. The number of methoxy groups -OCH3 is 1. The Bertz CT molecular complexity index is 1030. The van der Waals surface area contributed by atoms with E-state index in [0.717, 1.165) is 42.8 Å². The molecule has 2 N–H and O–H groups in total. The Morgan fingerprint density at radius 3 is 2.36 bits per heavy atom. The summed E-state index contributed by atoms with van der Waals surface area (Å²) in [5.74, 6) is 0.231. The highest BCUT2D eigenvalue weighted by Crippen LogP contribution is 2.27. The van der Waals surface area contributed by atoms with E-state index in [1.165, 1.54) is 0 Å². The van der Waals surface area contributed by atoms with E-state index in [0.29, 0.717) is 6.54 Å². The van der Waals surface area contributed by atoms with Crippen LogP contribution < -0.4 is 14.8 Å². The van der Waals surface area contributed by atoms with Gasteiger partial charge >= 0.3 is 0 Å². The summed E-state index contributed by atoms with van der Waals surface area (Å²) in [5, 5.41) is 3.01. The van der Waals surface area contributed by atoms with Crippen LogP contribution in [0.25, 0.3) is 0 Å². The summed E-state index contributed by atoms with van der Waals surface area (Å²) in [6.45, 7) is 7.88. The van der Waals surface area contributed by atoms with Crippen molar-refractivity contribution < 1.29 is 17.9 Å². The number of hydrogen-bond donors (Lipinski definition) is 2. The summed E-state index contributed by atoms with van der Waals surface area (Å²) in [7, 11) is -2.18. The maximum Gasteiger partial charge on any atom is 0.241 e. The number of carbonyl (C=O) groups is 1. The van der Waals surface area contributed by atoms with Crippen LogP contribution in [0.3, 0.4) is 0 Å². The zero-order valence-electron chi connectivity index (χ0n) is 19.9. The van der Waals surface area contributed by atoms with Crippen LogP contribution in [-0.4, -0.2) is 52.0 Å². The van der Waals surface area contributed by atoms with Crippen molar-refractivity contribution in [2.45, 2.75) is 50.6 Å². The molecule has 1 amide bonds. The minimum Gasteiger partial charge on any atom is -0.497 e. The second-order valence-corrected chi connectivity index (χ2v) is 10.7. The molecule has 1 aliphatic rings. The van der Waals surface area contributed by atoms with Gasteiger partial charge < -0.3 is 10.1 Å². The van der Waals surface area contributed by atoms with Gasteiger partial charge in [0.1, 0.15) is 11.8 Å². The lowest BCUT2D eigenvalue weighted by Crippen LogP contribution is -2.51. The van der Waals surface area contributed by atoms with Crippen LogP contribution in [-0.2, 0) is 14.8 Å². The van der Waals surface area contributed by atoms with E-state index in [1.54, 1.807) is 31.4 Å². The zero-order chi connectivity index (χ0) is 24.0. The van der Waals surface area contributed by atoms with E-state index >= 15 is 0 Å². The molecule has 0 radical (unpaired) electrons. The molecule has 2 aromatic rings. The Morgan fingerprint density at radius 2 is 1.76 bits per heavy atom. The molecular weight excluding hydrogens is 438 g/mol. The number of sulfonamides is 1. The van der Waals surface area contributed by atoms with Crippen LogP contribution in [0.1, 0.15) is 43.9 Å². The molecule has 2 atom stereocenters. The molecule has 1 fully saturated rings. The Morgan fingerprint density at radius 1 is 1.09 bits per heavy atom. The normalized spacial score (nSPS) is 16.5. The molecule has 2 aromatic carbocycles. The van der Waals surface area contributed by atoms with Gasteiger partial charge in [0.2, 0.25) is 15.9 Å². The van der Waals surface area contributed by atoms with E-state index in [1.807, 2.05) is 45.0 Å². The van der Waals surface area contributed by atoms with Crippen molar-refractivity contribution in [3.05, 3.63) is 59.7 Å². The monoisotopic (exact) mass is 473 g/mol. The molecule has 180 valence electrons. The summed E-state index contributed by atoms with van der Waals surface area (Å²) in [6, 6.07) is 13.6. The highest BCUT2D eigenvalue weighted by Gasteiger charge is 2.30. The minimum absolute atomic E-state index is 0.00642. The number of amides is 1. The standard InChI is InChI=1S/C25H35N3O4S/c1-18(2)24(27-33(30,31)22-12-10-19(3)11-13-22)25(29)26-17-23(28-14-5-6-15-28)20-8-7-9-21(16-20)32-4/h7-13,16,18,23-24,27H,5-6,14-15,17H2,1-4H3,(H,26,29)/t23-,24+/m0/s1. The van der Waals surface area contributed by atoms with Crippen LogP contribution in [0.4, 0.5) is 0 Å². The molecule has 0 saturated carbocycles. The first-order valence-corrected chi connectivity index (χ1v) is 12.9. The molecule has 0 aromatic heterocycles. The molecule has 1 saturated heterocycles. The van der Waals surface area contributed by atoms with E-state index in [-0.39, 0.29) is 22.8 Å². The first kappa shape index (κ1) is 25.2. The SMILES string of the molecule is COc1cccc([C@H](CNC(=O)[C@H](NS(=O)(=O)c2ccc(C)cc2)C(C)C)N2CCCC2)c1. The molecule has 0 aliphatic carbocycles. The summed E-state index contributed by atoms with van der Waals surface area (Å²) in [5.41, 5.74) is 2.04. The average molecular weight is 474 g/mol. The van der Waals surface area contributed by atoms with Crippen LogP contribution in [0.2, 0.25) is 0 Å². The highest BCUT2D eigenvalue weighted by molar-refractivity contribution is 7.89. The van der Waals surface area contributed by atoms with Gasteiger partial charge in [-0.3, -0.25) is 9.69 Å². The Labute approximate surface area is 197 Å². The van der Waals surface area contributed by atoms with Crippen LogP contribution in [0.15, 0.2) is 53.4 Å². The topological polar surface area (TPSA) is 87.7 Å². The molecule has 8 heteroatoms. The van der Waals surface area contributed by atoms with Crippen LogP contribution in [0.5, 0.6) is 5.75 Å². The van der Waals surface area contributed by atoms with Gasteiger partial charge in [0.25, 0.3) is 0 Å². The molecule has 3 rings (SSSR count). The second-order valence-electron chi connectivity index (χ2n) is 8.94. The van der Waals surface area contributed by atoms with Crippen molar-refractivity contribution in [2.75, 3.05) is 26.7 Å². The smallest absolute Gasteiger partial charge is 0.241 e. The van der Waals surface area contributed by atoms with Crippen LogP contribution in [0, 0.1) is 12.8 Å². The summed E-state index contributed by atoms with van der Waals surface area (Å²) in [4.78, 5) is 15.6. The molecular formula is C25H35N3O4S. The molecule has 33 heavy (non-hydrogen) atoms. The molecule has 7 nitrogen and oxygen atoms in total. The first-order chi connectivity index (χ1) is 15.7. The molecule has 0 spiro atoms. The number of ether oxygens (including phenoxy) is 1. The average Bonchev–Trinajstić information content (AvgIpc) is 3.32. The maximum absolute atomic E-state index is 13.1. The number of likely N-dealkylation sites (tertiary alicyclic amines) is 1. The van der Waals surface area contributed by atoms with Crippen molar-refractivity contribution in [3.8, 4) is 5.75 Å². The lowest BCUT2D eigenvalue weighted by Gasteiger charge is -2.30. The maximum atomic E-state index is 13.1. The van der Waals surface area contributed by atoms with Gasteiger partial charge in [-0.15, -0.1) is 0 Å². The Hall–Kier alpha value is -2.42. The molecule has 1 heterocycles. The fourth-order valence-corrected chi connectivity index (χ4v) is 5.46. The molecule has 1 aliphatic heterocycles. The van der Waals surface area contributed by atoms with Crippen molar-refractivity contribution >= 4 is 15.9 Å². The van der Waals surface area contributed by atoms with Gasteiger partial charge in [0.15, 0.2) is 0 Å². The number of nitrogens with one attached hydrogen (secondary N) is 2. The number of benzene rings is 2. The van der Waals surface area contributed by atoms with Crippen molar-refractivity contribution in [1.82, 2.24) is 14.9 Å². The first-order valence-electron chi connectivity index (χ1n) is 11.5. The summed E-state index contributed by atoms with van der Waals surface area (Å²) in [6.07, 6.45) is 2.25. The fourth-order valence-electron chi connectivity index (χ4n) is 4.11. The van der Waals surface area contributed by atoms with E-state index in [9.17, 15) is 13.2 Å². The third kappa shape index (κ3) is 6.56. The lowest BCUT2D eigenvalue weighted by molar-refractivity contribution is -0.123. The quantitative estimate of drug-likeness (QED) is 0.553. The van der Waals surface area contributed by atoms with Gasteiger partial charge in [0, 0.05) is 6.54 Å². The highest BCUT2D eigenvalue weighted by atomic mass is 32.2. The van der Waals surface area contributed by atoms with E-state index in [2.05, 4.69) is 14.9 Å². The predicted molar refractivity (Wildman–Crippen MR) is 130 cm³/mol. The van der Waals surface area contributed by atoms with Gasteiger partial charge in [-0.25, -0.2) is 8.42 Å². The van der Waals surface area contributed by atoms with Crippen molar-refractivity contribution in [1.29, 1.82) is 0 Å². The molecule has 0 bridgehead atoms. The third-order valence-electron chi connectivity index (χ3n) is 6.09. The van der Waals surface area contributed by atoms with E-state index < -0.39 is 16.1 Å². The van der Waals surface area contributed by atoms with Crippen molar-refractivity contribution in [3.63, 3.8) is 0 Å². The Kier molecular flexibility index (Phi) is 8.51. The number of aryl methyl sites for hydroxylation is 1. The summed E-state index contributed by atoms with van der Waals surface area (Å²) < 4.78 is 33.8. The van der Waals surface area contributed by atoms with Crippen LogP contribution >= 0.6 is 0 Å². The zero-order valence-corrected chi connectivity index (χ0v) is 20.7. The minimum atomic E-state index is -3.82. The fraction of sp³-hybridized carbons (Fsp3) is 0.480. The number of nitrogens with zero attached hydrogens (tertiary/aromatic N) is 1. The largest absolute Gasteiger partial charge is 0.497 e. The Balaban J connectivity index is 1.74. The second kappa shape index (κ2) is 11.1. The van der Waals surface area contributed by atoms with Gasteiger partial charge in [-0.1, -0.05) is 43.7 Å². The molecule has 0 unspecified atom stereocenters. The number of hydrogen-bond acceptors (Lipinski definition) is 5. The third-order valence-corrected chi connectivity index (χ3v) is 7.55. The van der Waals surface area contributed by atoms with Gasteiger partial charge in [-0.05, 0) is 68.6 Å². The summed E-state index contributed by atoms with van der Waals surface area (Å²) >= 11 is 0. The van der Waals surface area contributed by atoms with Gasteiger partial charge in [-0.2, -0.15) is 4.72 Å². The number of carbonyl (C=O) groups excluding carboxylic acids is 1. The lowest BCUT2D eigenvalue weighted by atomic mass is 10.0. The van der Waals surface area contributed by atoms with Gasteiger partial charge in [0.05, 0.1) is 18.0 Å². The van der Waals surface area contributed by atoms with E-state index in [4.69, 9.17) is 4.74 Å². The van der Waals surface area contributed by atoms with Crippen molar-refractivity contribution in [2.24, 2.45) is 5.92 Å².